The van der Waals surface area contributed by atoms with E-state index in [9.17, 15) is 27.3 Å². The van der Waals surface area contributed by atoms with Gasteiger partial charge in [-0.25, -0.2) is 13.1 Å². The summed E-state index contributed by atoms with van der Waals surface area (Å²) in [5.41, 5.74) is 1.37. The van der Waals surface area contributed by atoms with Crippen LogP contribution >= 0.6 is 0 Å². The summed E-state index contributed by atoms with van der Waals surface area (Å²) in [4.78, 5) is 27.0. The molecule has 4 atom stereocenters. The highest BCUT2D eigenvalue weighted by Crippen LogP contribution is 2.17. The van der Waals surface area contributed by atoms with Gasteiger partial charge in [0.05, 0.1) is 35.0 Å². The molecule has 1 unspecified atom stereocenters. The van der Waals surface area contributed by atoms with Crippen LogP contribution in [0.4, 0.5) is 0 Å². The van der Waals surface area contributed by atoms with Crippen LogP contribution in [0.3, 0.4) is 0 Å². The summed E-state index contributed by atoms with van der Waals surface area (Å²) >= 11 is 0. The Kier molecular flexibility index (Phi) is 11.6. The number of aliphatic hydroxyl groups is 1. The average molecular weight is 614 g/mol. The van der Waals surface area contributed by atoms with E-state index in [1.165, 1.54) is 0 Å². The molecule has 0 radical (unpaired) electrons. The summed E-state index contributed by atoms with van der Waals surface area (Å²) in [6, 6.07) is 22.4. The molecule has 3 aromatic carbocycles. The van der Waals surface area contributed by atoms with Crippen LogP contribution in [0.5, 0.6) is 0 Å². The Hall–Kier alpha value is -3.38. The minimum Gasteiger partial charge on any atom is -0.391 e. The largest absolute Gasteiger partial charge is 0.391 e. The monoisotopic (exact) mass is 613 g/mol. The van der Waals surface area contributed by atoms with Gasteiger partial charge in [0.25, 0.3) is 5.91 Å². The van der Waals surface area contributed by atoms with Crippen LogP contribution in [0.25, 0.3) is 0 Å². The van der Waals surface area contributed by atoms with E-state index in [0.717, 1.165) is 11.8 Å². The van der Waals surface area contributed by atoms with Gasteiger partial charge in [0, 0.05) is 22.4 Å². The molecule has 4 N–H and O–H groups in total. The molecule has 0 aliphatic carbocycles. The first kappa shape index (κ1) is 33.1. The third-order valence-corrected chi connectivity index (χ3v) is 8.41. The smallest absolute Gasteiger partial charge is 0.251 e. The summed E-state index contributed by atoms with van der Waals surface area (Å²) in [6.45, 7) is 5.62. The van der Waals surface area contributed by atoms with Gasteiger partial charge >= 0.3 is 0 Å². The summed E-state index contributed by atoms with van der Waals surface area (Å²) < 4.78 is 39.6. The lowest BCUT2D eigenvalue weighted by Crippen LogP contribution is -2.55. The lowest BCUT2D eigenvalue weighted by molar-refractivity contribution is -0.123. The summed E-state index contributed by atoms with van der Waals surface area (Å²) in [5.74, 6) is -1.30. The molecular weight excluding hydrogens is 574 g/mol. The van der Waals surface area contributed by atoms with Gasteiger partial charge in [-0.2, -0.15) is 0 Å². The maximum atomic E-state index is 13.5. The maximum Gasteiger partial charge on any atom is 0.251 e. The first-order chi connectivity index (χ1) is 19.7. The number of rotatable bonds is 13. The number of aliphatic hydroxyl groups excluding tert-OH is 1. The summed E-state index contributed by atoms with van der Waals surface area (Å²) in [5, 5.41) is 17.2. The average Bonchev–Trinajstić information content (AvgIpc) is 2.92. The van der Waals surface area contributed by atoms with Crippen molar-refractivity contribution < 1.29 is 27.3 Å². The Bertz CT molecular complexity index is 1480. The number of benzene rings is 3. The number of nitrogens with one attached hydrogen (secondary N) is 3. The number of hydrogen-bond donors (Lipinski definition) is 4. The van der Waals surface area contributed by atoms with Crippen molar-refractivity contribution in [1.82, 2.24) is 15.4 Å². The summed E-state index contributed by atoms with van der Waals surface area (Å²) in [7, 11) is -5.52. The fourth-order valence-electron chi connectivity index (χ4n) is 4.37. The van der Waals surface area contributed by atoms with Gasteiger partial charge in [-0.05, 0) is 56.5 Å². The van der Waals surface area contributed by atoms with E-state index in [1.807, 2.05) is 51.1 Å². The van der Waals surface area contributed by atoms with Crippen molar-refractivity contribution in [2.24, 2.45) is 0 Å². The zero-order valence-corrected chi connectivity index (χ0v) is 25.9. The van der Waals surface area contributed by atoms with Gasteiger partial charge in [-0.15, -0.1) is 0 Å². The quantitative estimate of drug-likeness (QED) is 0.234. The van der Waals surface area contributed by atoms with Crippen molar-refractivity contribution >= 4 is 32.6 Å². The molecule has 11 heteroatoms. The van der Waals surface area contributed by atoms with Crippen molar-refractivity contribution in [2.75, 3.05) is 12.0 Å². The highest BCUT2D eigenvalue weighted by molar-refractivity contribution is 7.89. The highest BCUT2D eigenvalue weighted by atomic mass is 32.2. The van der Waals surface area contributed by atoms with Gasteiger partial charge in [0.15, 0.2) is 0 Å². The third kappa shape index (κ3) is 10.8. The van der Waals surface area contributed by atoms with E-state index in [1.54, 1.807) is 54.6 Å². The Balaban J connectivity index is 1.87. The second kappa shape index (κ2) is 14.7. The van der Waals surface area contributed by atoms with Gasteiger partial charge in [0.1, 0.15) is 6.04 Å². The standard InChI is InChI=1S/C31H39N3O6S2/c1-31(2,3)33-29(36)25-18-12-11-15-23(25)20-28(35)26(19-22-13-7-5-8-14-22)32-30(37)27(34-42(4,39)40)21-41(38)24-16-9-6-10-17-24/h5-18,26-28,34-35H,19-21H2,1-4H3,(H,32,37)(H,33,36)/t26-,27-,28+,41?/m0/s1. The number of amides is 2. The molecule has 0 spiro atoms. The lowest BCUT2D eigenvalue weighted by atomic mass is 9.93. The molecule has 2 amide bonds. The van der Waals surface area contributed by atoms with E-state index in [-0.39, 0.29) is 24.5 Å². The van der Waals surface area contributed by atoms with E-state index in [4.69, 9.17) is 0 Å². The predicted octanol–water partition coefficient (Wildman–Crippen LogP) is 2.57. The van der Waals surface area contributed by atoms with Gasteiger partial charge in [-0.1, -0.05) is 66.7 Å². The van der Waals surface area contributed by atoms with Crippen LogP contribution in [0.2, 0.25) is 0 Å². The zero-order valence-electron chi connectivity index (χ0n) is 24.2. The molecule has 0 fully saturated rings. The second-order valence-electron chi connectivity index (χ2n) is 11.2. The predicted molar refractivity (Wildman–Crippen MR) is 165 cm³/mol. The first-order valence-electron chi connectivity index (χ1n) is 13.6. The SMILES string of the molecule is CC(C)(C)NC(=O)c1ccccc1C[C@@H](O)[C@H](Cc1ccccc1)NC(=O)[C@H](CS(=O)c1ccccc1)NS(C)(=O)=O. The molecule has 0 heterocycles. The molecule has 3 aromatic rings. The molecule has 0 aromatic heterocycles. The Morgan fingerprint density at radius 1 is 0.881 bits per heavy atom. The molecule has 0 saturated carbocycles. The van der Waals surface area contributed by atoms with Gasteiger partial charge < -0.3 is 15.7 Å². The topological polar surface area (TPSA) is 142 Å². The van der Waals surface area contributed by atoms with Crippen LogP contribution in [0, 0.1) is 0 Å². The van der Waals surface area contributed by atoms with E-state index in [0.29, 0.717) is 16.0 Å². The molecule has 9 nitrogen and oxygen atoms in total. The Morgan fingerprint density at radius 2 is 1.45 bits per heavy atom. The molecule has 0 aliphatic rings. The van der Waals surface area contributed by atoms with Crippen molar-refractivity contribution in [3.63, 3.8) is 0 Å². The molecule has 0 saturated heterocycles. The lowest BCUT2D eigenvalue weighted by Gasteiger charge is -2.28. The number of sulfonamides is 1. The van der Waals surface area contributed by atoms with Crippen LogP contribution < -0.4 is 15.4 Å². The molecular formula is C31H39N3O6S2. The molecule has 0 aliphatic heterocycles. The number of hydrogen-bond acceptors (Lipinski definition) is 6. The van der Waals surface area contributed by atoms with Crippen molar-refractivity contribution in [3.05, 3.63) is 102 Å². The third-order valence-electron chi connectivity index (χ3n) is 6.27. The molecule has 3 rings (SSSR count). The molecule has 42 heavy (non-hydrogen) atoms. The Morgan fingerprint density at radius 3 is 2.05 bits per heavy atom. The normalized spacial score (nSPS) is 14.8. The summed E-state index contributed by atoms with van der Waals surface area (Å²) in [6.07, 6.45) is 0.0637. The van der Waals surface area contributed by atoms with Crippen LogP contribution in [0.15, 0.2) is 89.8 Å². The highest BCUT2D eigenvalue weighted by Gasteiger charge is 2.30. The minimum absolute atomic E-state index is 0.0473. The zero-order chi connectivity index (χ0) is 30.9. The second-order valence-corrected chi connectivity index (χ2v) is 14.5. The van der Waals surface area contributed by atoms with Crippen LogP contribution in [-0.4, -0.2) is 65.3 Å². The maximum absolute atomic E-state index is 13.5. The molecule has 226 valence electrons. The number of carbonyl (C=O) groups excluding carboxylic acids is 2. The number of carbonyl (C=O) groups is 2. The van der Waals surface area contributed by atoms with E-state index in [2.05, 4.69) is 15.4 Å². The van der Waals surface area contributed by atoms with E-state index >= 15 is 0 Å². The molecule has 0 bridgehead atoms. The first-order valence-corrected chi connectivity index (χ1v) is 16.8. The van der Waals surface area contributed by atoms with Crippen molar-refractivity contribution in [3.8, 4) is 0 Å². The van der Waals surface area contributed by atoms with Crippen molar-refractivity contribution in [2.45, 2.75) is 62.2 Å². The fraction of sp³-hybridized carbons (Fsp3) is 0.355. The van der Waals surface area contributed by atoms with Gasteiger partial charge in [0.2, 0.25) is 15.9 Å². The van der Waals surface area contributed by atoms with E-state index < -0.39 is 50.5 Å². The van der Waals surface area contributed by atoms with Crippen LogP contribution in [0.1, 0.15) is 42.3 Å². The van der Waals surface area contributed by atoms with Gasteiger partial charge in [-0.3, -0.25) is 13.8 Å². The Labute approximate surface area is 250 Å². The van der Waals surface area contributed by atoms with Crippen molar-refractivity contribution in [1.29, 1.82) is 0 Å². The minimum atomic E-state index is -3.84. The fourth-order valence-corrected chi connectivity index (χ4v) is 6.37. The van der Waals surface area contributed by atoms with Crippen LogP contribution in [-0.2, 0) is 38.5 Å².